The Labute approximate surface area is 180 Å². The molecule has 0 radical (unpaired) electrons. The molecule has 1 unspecified atom stereocenters. The van der Waals surface area contributed by atoms with Crippen molar-refractivity contribution in [2.45, 2.75) is 13.0 Å². The highest BCUT2D eigenvalue weighted by molar-refractivity contribution is 6.02. The summed E-state index contributed by atoms with van der Waals surface area (Å²) in [5.41, 5.74) is 1.40. The summed E-state index contributed by atoms with van der Waals surface area (Å²) in [5.74, 6) is 0.969. The average molecular weight is 420 g/mol. The van der Waals surface area contributed by atoms with E-state index in [9.17, 15) is 9.59 Å². The molecular weight excluding hydrogens is 394 g/mol. The molecule has 2 atom stereocenters. The molecule has 0 spiro atoms. The highest BCUT2D eigenvalue weighted by atomic mass is 16.6. The van der Waals surface area contributed by atoms with Gasteiger partial charge in [0.1, 0.15) is 13.2 Å². The van der Waals surface area contributed by atoms with E-state index < -0.39 is 6.04 Å². The standard InChI is InChI=1S/C24H25N3O4/c1-16(24(29)25-18-10-11-21-22(14-18)31-13-12-30-21)27(2)15-23(28)26-20-9-5-7-17-6-3-4-8-19(17)20/h3-11,14,16H,12-13,15H2,1-2H3,(H,25,29)(H,26,28)/p+1/t16-/m0/s1. The molecule has 2 amide bonds. The normalized spacial score (nSPS) is 14.5. The molecule has 0 aromatic heterocycles. The van der Waals surface area contributed by atoms with Crippen LogP contribution < -0.4 is 25.0 Å². The molecule has 1 aliphatic rings. The van der Waals surface area contributed by atoms with E-state index in [1.165, 1.54) is 0 Å². The number of nitrogens with one attached hydrogen (secondary N) is 3. The molecule has 0 fully saturated rings. The first kappa shape index (κ1) is 20.7. The Hall–Kier alpha value is -3.58. The number of quaternary nitrogens is 1. The fourth-order valence-corrected chi connectivity index (χ4v) is 3.53. The number of anilines is 2. The Kier molecular flexibility index (Phi) is 6.04. The summed E-state index contributed by atoms with van der Waals surface area (Å²) in [7, 11) is 1.83. The van der Waals surface area contributed by atoms with Crippen LogP contribution in [0, 0.1) is 0 Å². The zero-order valence-electron chi connectivity index (χ0n) is 17.6. The summed E-state index contributed by atoms with van der Waals surface area (Å²) < 4.78 is 11.1. The molecule has 31 heavy (non-hydrogen) atoms. The van der Waals surface area contributed by atoms with Crippen LogP contribution in [0.15, 0.2) is 60.7 Å². The molecule has 0 saturated carbocycles. The minimum Gasteiger partial charge on any atom is -0.486 e. The molecule has 7 nitrogen and oxygen atoms in total. The summed E-state index contributed by atoms with van der Waals surface area (Å²) in [6.45, 7) is 2.97. The molecular formula is C24H26N3O4+. The quantitative estimate of drug-likeness (QED) is 0.571. The molecule has 1 aliphatic heterocycles. The van der Waals surface area contributed by atoms with Crippen LogP contribution in [0.4, 0.5) is 11.4 Å². The van der Waals surface area contributed by atoms with Crippen LogP contribution in [0.25, 0.3) is 10.8 Å². The van der Waals surface area contributed by atoms with Crippen molar-refractivity contribution in [3.8, 4) is 11.5 Å². The molecule has 3 aromatic rings. The van der Waals surface area contributed by atoms with Gasteiger partial charge in [-0.25, -0.2) is 0 Å². The zero-order valence-corrected chi connectivity index (χ0v) is 17.6. The summed E-state index contributed by atoms with van der Waals surface area (Å²) >= 11 is 0. The van der Waals surface area contributed by atoms with Crippen molar-refractivity contribution in [1.82, 2.24) is 0 Å². The Morgan fingerprint density at radius 3 is 2.55 bits per heavy atom. The maximum atomic E-state index is 12.7. The van der Waals surface area contributed by atoms with Gasteiger partial charge in [-0.15, -0.1) is 0 Å². The topological polar surface area (TPSA) is 81.1 Å². The zero-order chi connectivity index (χ0) is 21.8. The summed E-state index contributed by atoms with van der Waals surface area (Å²) in [6.07, 6.45) is 0. The number of carbonyl (C=O) groups excluding carboxylic acids is 2. The molecule has 3 N–H and O–H groups in total. The molecule has 0 saturated heterocycles. The SMILES string of the molecule is C[C@@H](C(=O)Nc1ccc2c(c1)OCCO2)[NH+](C)CC(=O)Nc1cccc2ccccc12. The van der Waals surface area contributed by atoms with Crippen molar-refractivity contribution in [1.29, 1.82) is 0 Å². The summed E-state index contributed by atoms with van der Waals surface area (Å²) in [4.78, 5) is 26.1. The van der Waals surface area contributed by atoms with Gasteiger partial charge in [-0.05, 0) is 30.5 Å². The Morgan fingerprint density at radius 2 is 1.71 bits per heavy atom. The van der Waals surface area contributed by atoms with Gasteiger partial charge in [0, 0.05) is 22.8 Å². The summed E-state index contributed by atoms with van der Waals surface area (Å²) in [6, 6.07) is 18.6. The van der Waals surface area contributed by atoms with Crippen molar-refractivity contribution in [2.24, 2.45) is 0 Å². The third-order valence-electron chi connectivity index (χ3n) is 5.45. The number of hydrogen-bond donors (Lipinski definition) is 3. The monoisotopic (exact) mass is 420 g/mol. The van der Waals surface area contributed by atoms with Crippen LogP contribution in [0.2, 0.25) is 0 Å². The summed E-state index contributed by atoms with van der Waals surface area (Å²) in [5, 5.41) is 7.91. The molecule has 7 heteroatoms. The fourth-order valence-electron chi connectivity index (χ4n) is 3.53. The maximum absolute atomic E-state index is 12.7. The van der Waals surface area contributed by atoms with E-state index in [1.54, 1.807) is 25.1 Å². The van der Waals surface area contributed by atoms with Crippen molar-refractivity contribution < 1.29 is 24.0 Å². The molecule has 0 bridgehead atoms. The molecule has 3 aromatic carbocycles. The van der Waals surface area contributed by atoms with E-state index in [1.807, 2.05) is 49.5 Å². The van der Waals surface area contributed by atoms with E-state index in [4.69, 9.17) is 9.47 Å². The average Bonchev–Trinajstić information content (AvgIpc) is 2.78. The van der Waals surface area contributed by atoms with Crippen LogP contribution in [0.5, 0.6) is 11.5 Å². The van der Waals surface area contributed by atoms with Crippen molar-refractivity contribution in [3.05, 3.63) is 60.7 Å². The van der Waals surface area contributed by atoms with Crippen molar-refractivity contribution in [2.75, 3.05) is 37.4 Å². The van der Waals surface area contributed by atoms with Gasteiger partial charge in [0.05, 0.1) is 7.05 Å². The molecule has 0 aliphatic carbocycles. The number of ether oxygens (including phenoxy) is 2. The smallest absolute Gasteiger partial charge is 0.282 e. The first-order valence-electron chi connectivity index (χ1n) is 10.3. The van der Waals surface area contributed by atoms with Crippen LogP contribution >= 0.6 is 0 Å². The number of hydrogen-bond acceptors (Lipinski definition) is 4. The largest absolute Gasteiger partial charge is 0.486 e. The Morgan fingerprint density at radius 1 is 0.968 bits per heavy atom. The van der Waals surface area contributed by atoms with Gasteiger partial charge in [0.2, 0.25) is 0 Å². The number of rotatable bonds is 6. The lowest BCUT2D eigenvalue weighted by molar-refractivity contribution is -0.885. The Bertz CT molecular complexity index is 1110. The van der Waals surface area contributed by atoms with E-state index in [0.29, 0.717) is 30.4 Å². The van der Waals surface area contributed by atoms with E-state index in [-0.39, 0.29) is 18.4 Å². The van der Waals surface area contributed by atoms with E-state index in [2.05, 4.69) is 10.6 Å². The van der Waals surface area contributed by atoms with Gasteiger partial charge >= 0.3 is 0 Å². The van der Waals surface area contributed by atoms with E-state index in [0.717, 1.165) is 21.4 Å². The number of benzene rings is 3. The minimum atomic E-state index is -0.425. The number of likely N-dealkylation sites (N-methyl/N-ethyl adjacent to an activating group) is 1. The van der Waals surface area contributed by atoms with Gasteiger partial charge in [0.25, 0.3) is 11.8 Å². The van der Waals surface area contributed by atoms with E-state index >= 15 is 0 Å². The predicted molar refractivity (Wildman–Crippen MR) is 120 cm³/mol. The lowest BCUT2D eigenvalue weighted by Crippen LogP contribution is -3.14. The predicted octanol–water partition coefficient (Wildman–Crippen LogP) is 2.09. The van der Waals surface area contributed by atoms with Crippen LogP contribution in [-0.2, 0) is 9.59 Å². The van der Waals surface area contributed by atoms with Crippen molar-refractivity contribution in [3.63, 3.8) is 0 Å². The van der Waals surface area contributed by atoms with Gasteiger partial charge in [0.15, 0.2) is 24.1 Å². The second-order valence-electron chi connectivity index (χ2n) is 7.67. The second-order valence-corrected chi connectivity index (χ2v) is 7.67. The maximum Gasteiger partial charge on any atom is 0.282 e. The van der Waals surface area contributed by atoms with Crippen LogP contribution in [0.1, 0.15) is 6.92 Å². The third kappa shape index (κ3) is 4.78. The molecule has 160 valence electrons. The number of fused-ring (bicyclic) bond motifs is 2. The minimum absolute atomic E-state index is 0.146. The first-order valence-corrected chi connectivity index (χ1v) is 10.3. The second kappa shape index (κ2) is 9.06. The van der Waals surface area contributed by atoms with Gasteiger partial charge < -0.3 is 25.0 Å². The lowest BCUT2D eigenvalue weighted by Gasteiger charge is -2.22. The number of amides is 2. The van der Waals surface area contributed by atoms with Crippen molar-refractivity contribution >= 4 is 34.0 Å². The molecule has 4 rings (SSSR count). The van der Waals surface area contributed by atoms with Gasteiger partial charge in [-0.1, -0.05) is 36.4 Å². The van der Waals surface area contributed by atoms with Crippen LogP contribution in [-0.4, -0.2) is 44.7 Å². The Balaban J connectivity index is 1.35. The fraction of sp³-hybridized carbons (Fsp3) is 0.250. The van der Waals surface area contributed by atoms with Gasteiger partial charge in [-0.3, -0.25) is 9.59 Å². The first-order chi connectivity index (χ1) is 15.0. The molecule has 1 heterocycles. The lowest BCUT2D eigenvalue weighted by atomic mass is 10.1. The van der Waals surface area contributed by atoms with Gasteiger partial charge in [-0.2, -0.15) is 0 Å². The highest BCUT2D eigenvalue weighted by Gasteiger charge is 2.25. The number of carbonyl (C=O) groups is 2. The van der Waals surface area contributed by atoms with Crippen LogP contribution in [0.3, 0.4) is 0 Å². The highest BCUT2D eigenvalue weighted by Crippen LogP contribution is 2.32. The third-order valence-corrected chi connectivity index (χ3v) is 5.45.